The summed E-state index contributed by atoms with van der Waals surface area (Å²) < 4.78 is 0. The van der Waals surface area contributed by atoms with Crippen molar-refractivity contribution in [3.63, 3.8) is 0 Å². The third kappa shape index (κ3) is 7.26. The van der Waals surface area contributed by atoms with Gasteiger partial charge in [-0.25, -0.2) is 0 Å². The first-order chi connectivity index (χ1) is 11.2. The minimum absolute atomic E-state index is 0.0272. The van der Waals surface area contributed by atoms with E-state index in [0.717, 1.165) is 5.56 Å². The van der Waals surface area contributed by atoms with E-state index < -0.39 is 11.4 Å². The van der Waals surface area contributed by atoms with E-state index in [1.807, 2.05) is 30.3 Å². The summed E-state index contributed by atoms with van der Waals surface area (Å²) in [6.07, 6.45) is 0.443. The van der Waals surface area contributed by atoms with Crippen LogP contribution < -0.4 is 10.6 Å². The number of nitrogens with one attached hydrogen (secondary N) is 2. The molecular formula is C18H26N2O4. The molecule has 0 aromatic heterocycles. The highest BCUT2D eigenvalue weighted by atomic mass is 16.4. The molecule has 0 heterocycles. The summed E-state index contributed by atoms with van der Waals surface area (Å²) in [6, 6.07) is 8.91. The zero-order valence-corrected chi connectivity index (χ0v) is 14.5. The molecule has 1 atom stereocenters. The maximum atomic E-state index is 12.1. The van der Waals surface area contributed by atoms with Gasteiger partial charge in [-0.1, -0.05) is 51.1 Å². The van der Waals surface area contributed by atoms with Crippen LogP contribution in [0.5, 0.6) is 0 Å². The van der Waals surface area contributed by atoms with Crippen molar-refractivity contribution in [1.29, 1.82) is 0 Å². The van der Waals surface area contributed by atoms with Crippen molar-refractivity contribution in [1.82, 2.24) is 10.6 Å². The average molecular weight is 334 g/mol. The molecule has 0 aliphatic carbocycles. The molecule has 0 fully saturated rings. The van der Waals surface area contributed by atoms with Gasteiger partial charge in [0.05, 0.1) is 6.04 Å². The maximum Gasteiger partial charge on any atom is 0.303 e. The molecule has 6 nitrogen and oxygen atoms in total. The van der Waals surface area contributed by atoms with E-state index in [1.54, 1.807) is 20.8 Å². The Morgan fingerprint density at radius 1 is 1.08 bits per heavy atom. The molecule has 1 rings (SSSR count). The Balaban J connectivity index is 2.55. The van der Waals surface area contributed by atoms with E-state index in [9.17, 15) is 14.4 Å². The number of hydrogen-bond acceptors (Lipinski definition) is 3. The molecule has 1 unspecified atom stereocenters. The van der Waals surface area contributed by atoms with Crippen molar-refractivity contribution < 1.29 is 19.5 Å². The van der Waals surface area contributed by atoms with Gasteiger partial charge in [0.15, 0.2) is 0 Å². The molecule has 3 N–H and O–H groups in total. The van der Waals surface area contributed by atoms with E-state index >= 15 is 0 Å². The molecule has 0 aliphatic rings. The van der Waals surface area contributed by atoms with Crippen LogP contribution in [-0.4, -0.2) is 29.4 Å². The van der Waals surface area contributed by atoms with Crippen molar-refractivity contribution in [2.45, 2.75) is 46.1 Å². The van der Waals surface area contributed by atoms with Gasteiger partial charge in [0.1, 0.15) is 0 Å². The van der Waals surface area contributed by atoms with E-state index in [1.165, 1.54) is 0 Å². The number of carbonyl (C=O) groups is 3. The van der Waals surface area contributed by atoms with Crippen LogP contribution in [0.4, 0.5) is 0 Å². The van der Waals surface area contributed by atoms with Crippen molar-refractivity contribution in [2.24, 2.45) is 5.41 Å². The lowest BCUT2D eigenvalue weighted by molar-refractivity contribution is -0.137. The number of carboxylic acids is 1. The number of rotatable bonds is 8. The standard InChI is InChI=1S/C18H26N2O4/c1-18(2,3)17(24)19-12-11-15(21)20-14(9-10-16(22)23)13-7-5-4-6-8-13/h4-8,14H,9-12H2,1-3H3,(H,19,24)(H,20,21)(H,22,23). The van der Waals surface area contributed by atoms with Crippen LogP contribution in [0.25, 0.3) is 0 Å². The SMILES string of the molecule is CC(C)(C)C(=O)NCCC(=O)NC(CCC(=O)O)c1ccccc1. The largest absolute Gasteiger partial charge is 0.481 e. The molecule has 0 radical (unpaired) electrons. The summed E-state index contributed by atoms with van der Waals surface area (Å²) >= 11 is 0. The van der Waals surface area contributed by atoms with Gasteiger partial charge in [0.2, 0.25) is 11.8 Å². The van der Waals surface area contributed by atoms with Gasteiger partial charge in [-0.3, -0.25) is 14.4 Å². The smallest absolute Gasteiger partial charge is 0.303 e. The predicted molar refractivity (Wildman–Crippen MR) is 91.3 cm³/mol. The summed E-state index contributed by atoms with van der Waals surface area (Å²) in [5.41, 5.74) is 0.371. The molecule has 1 aromatic carbocycles. The molecular weight excluding hydrogens is 308 g/mol. The van der Waals surface area contributed by atoms with Crippen LogP contribution in [0.1, 0.15) is 51.6 Å². The normalized spacial score (nSPS) is 12.3. The number of carboxylic acid groups (broad SMARTS) is 1. The highest BCUT2D eigenvalue weighted by molar-refractivity contribution is 5.82. The monoisotopic (exact) mass is 334 g/mol. The number of carbonyl (C=O) groups excluding carboxylic acids is 2. The zero-order chi connectivity index (χ0) is 18.2. The van der Waals surface area contributed by atoms with Gasteiger partial charge in [-0.2, -0.15) is 0 Å². The van der Waals surface area contributed by atoms with Crippen LogP contribution >= 0.6 is 0 Å². The van der Waals surface area contributed by atoms with Gasteiger partial charge in [0.25, 0.3) is 0 Å². The van der Waals surface area contributed by atoms with Crippen LogP contribution in [-0.2, 0) is 14.4 Å². The van der Waals surface area contributed by atoms with Crippen LogP contribution in [0.2, 0.25) is 0 Å². The minimum Gasteiger partial charge on any atom is -0.481 e. The van der Waals surface area contributed by atoms with Crippen LogP contribution in [0.15, 0.2) is 30.3 Å². The van der Waals surface area contributed by atoms with Crippen molar-refractivity contribution in [3.05, 3.63) is 35.9 Å². The lowest BCUT2D eigenvalue weighted by Crippen LogP contribution is -2.38. The lowest BCUT2D eigenvalue weighted by atomic mass is 9.96. The molecule has 6 heteroatoms. The summed E-state index contributed by atoms with van der Waals surface area (Å²) in [7, 11) is 0. The Kier molecular flexibility index (Phi) is 7.42. The average Bonchev–Trinajstić information content (AvgIpc) is 2.51. The number of hydrogen-bond donors (Lipinski definition) is 3. The fraction of sp³-hybridized carbons (Fsp3) is 0.500. The topological polar surface area (TPSA) is 95.5 Å². The molecule has 24 heavy (non-hydrogen) atoms. The number of benzene rings is 1. The van der Waals surface area contributed by atoms with E-state index in [0.29, 0.717) is 6.42 Å². The van der Waals surface area contributed by atoms with Crippen LogP contribution in [0.3, 0.4) is 0 Å². The fourth-order valence-electron chi connectivity index (χ4n) is 2.10. The highest BCUT2D eigenvalue weighted by Gasteiger charge is 2.21. The van der Waals surface area contributed by atoms with Crippen molar-refractivity contribution in [3.8, 4) is 0 Å². The number of aliphatic carboxylic acids is 1. The second kappa shape index (κ2) is 9.05. The second-order valence-electron chi connectivity index (χ2n) is 6.72. The maximum absolute atomic E-state index is 12.1. The lowest BCUT2D eigenvalue weighted by Gasteiger charge is -2.20. The highest BCUT2D eigenvalue weighted by Crippen LogP contribution is 2.18. The molecule has 0 aliphatic heterocycles. The Morgan fingerprint density at radius 2 is 1.71 bits per heavy atom. The molecule has 1 aromatic rings. The summed E-state index contributed by atoms with van der Waals surface area (Å²) in [4.78, 5) is 34.7. The number of amides is 2. The molecule has 0 spiro atoms. The first kappa shape index (κ1) is 19.7. The quantitative estimate of drug-likeness (QED) is 0.679. The second-order valence-corrected chi connectivity index (χ2v) is 6.72. The summed E-state index contributed by atoms with van der Waals surface area (Å²) in [5, 5.41) is 14.4. The summed E-state index contributed by atoms with van der Waals surface area (Å²) in [6.45, 7) is 5.67. The van der Waals surface area contributed by atoms with E-state index in [4.69, 9.17) is 5.11 Å². The van der Waals surface area contributed by atoms with Gasteiger partial charge >= 0.3 is 5.97 Å². The van der Waals surface area contributed by atoms with Gasteiger partial charge < -0.3 is 15.7 Å². The first-order valence-electron chi connectivity index (χ1n) is 8.04. The Hall–Kier alpha value is -2.37. The Morgan fingerprint density at radius 3 is 2.25 bits per heavy atom. The zero-order valence-electron chi connectivity index (χ0n) is 14.5. The Labute approximate surface area is 142 Å². The predicted octanol–water partition coefficient (Wildman–Crippen LogP) is 2.26. The van der Waals surface area contributed by atoms with Crippen molar-refractivity contribution in [2.75, 3.05) is 6.54 Å². The molecule has 0 saturated carbocycles. The van der Waals surface area contributed by atoms with Gasteiger partial charge in [-0.15, -0.1) is 0 Å². The van der Waals surface area contributed by atoms with Gasteiger partial charge in [0, 0.05) is 24.8 Å². The Bertz CT molecular complexity index is 564. The first-order valence-corrected chi connectivity index (χ1v) is 8.04. The van der Waals surface area contributed by atoms with Gasteiger partial charge in [-0.05, 0) is 12.0 Å². The molecule has 0 saturated heterocycles. The van der Waals surface area contributed by atoms with E-state index in [2.05, 4.69) is 10.6 Å². The molecule has 132 valence electrons. The molecule has 0 bridgehead atoms. The molecule has 2 amide bonds. The van der Waals surface area contributed by atoms with Crippen LogP contribution in [0, 0.1) is 5.41 Å². The van der Waals surface area contributed by atoms with E-state index in [-0.39, 0.29) is 37.2 Å². The summed E-state index contributed by atoms with van der Waals surface area (Å²) in [5.74, 6) is -1.23. The fourth-order valence-corrected chi connectivity index (χ4v) is 2.10. The third-order valence-corrected chi connectivity index (χ3v) is 3.50. The minimum atomic E-state index is -0.900. The third-order valence-electron chi connectivity index (χ3n) is 3.50. The van der Waals surface area contributed by atoms with Crippen molar-refractivity contribution >= 4 is 17.8 Å².